The minimum atomic E-state index is 0.486. The lowest BCUT2D eigenvalue weighted by molar-refractivity contribution is 0.265. The molecule has 1 aliphatic rings. The second-order valence-corrected chi connectivity index (χ2v) is 6.52. The van der Waals surface area contributed by atoms with E-state index in [1.54, 1.807) is 0 Å². The van der Waals surface area contributed by atoms with Gasteiger partial charge in [0.1, 0.15) is 5.76 Å². The third kappa shape index (κ3) is 4.62. The van der Waals surface area contributed by atoms with Gasteiger partial charge >= 0.3 is 0 Å². The monoisotopic (exact) mass is 279 g/mol. The second kappa shape index (κ2) is 7.25. The van der Waals surface area contributed by atoms with Crippen LogP contribution in [0.4, 0.5) is 0 Å². The van der Waals surface area contributed by atoms with Gasteiger partial charge in [-0.1, -0.05) is 13.8 Å². The van der Waals surface area contributed by atoms with Crippen molar-refractivity contribution in [3.8, 4) is 0 Å². The SMILES string of the molecule is CC(C)NCc1occc1CN(C)CC1CCN(C)C1. The topological polar surface area (TPSA) is 31.7 Å². The molecule has 0 aromatic carbocycles. The van der Waals surface area contributed by atoms with Gasteiger partial charge in [0, 0.05) is 31.2 Å². The molecule has 1 aromatic heterocycles. The van der Waals surface area contributed by atoms with E-state index >= 15 is 0 Å². The highest BCUT2D eigenvalue weighted by Crippen LogP contribution is 2.18. The molecule has 1 saturated heterocycles. The molecule has 2 rings (SSSR count). The summed E-state index contributed by atoms with van der Waals surface area (Å²) in [7, 11) is 4.43. The molecule has 1 fully saturated rings. The summed E-state index contributed by atoms with van der Waals surface area (Å²) in [5.41, 5.74) is 1.31. The van der Waals surface area contributed by atoms with Crippen molar-refractivity contribution in [1.82, 2.24) is 15.1 Å². The molecule has 0 aliphatic carbocycles. The molecule has 1 aliphatic heterocycles. The summed E-state index contributed by atoms with van der Waals surface area (Å²) in [5, 5.41) is 3.42. The van der Waals surface area contributed by atoms with Crippen LogP contribution in [0.3, 0.4) is 0 Å². The number of nitrogens with one attached hydrogen (secondary N) is 1. The highest BCUT2D eigenvalue weighted by molar-refractivity contribution is 5.16. The first-order valence-electron chi connectivity index (χ1n) is 7.70. The Balaban J connectivity index is 1.81. The zero-order valence-corrected chi connectivity index (χ0v) is 13.4. The molecule has 1 atom stereocenters. The Morgan fingerprint density at radius 3 is 2.95 bits per heavy atom. The highest BCUT2D eigenvalue weighted by Gasteiger charge is 2.21. The molecule has 0 amide bonds. The first-order chi connectivity index (χ1) is 9.54. The highest BCUT2D eigenvalue weighted by atomic mass is 16.3. The van der Waals surface area contributed by atoms with Crippen molar-refractivity contribution in [2.45, 2.75) is 39.4 Å². The van der Waals surface area contributed by atoms with Crippen LogP contribution in [0.5, 0.6) is 0 Å². The van der Waals surface area contributed by atoms with Gasteiger partial charge in [0.15, 0.2) is 0 Å². The van der Waals surface area contributed by atoms with Crippen molar-refractivity contribution in [2.24, 2.45) is 5.92 Å². The van der Waals surface area contributed by atoms with E-state index in [4.69, 9.17) is 4.42 Å². The first-order valence-corrected chi connectivity index (χ1v) is 7.70. The van der Waals surface area contributed by atoms with E-state index in [1.807, 2.05) is 6.26 Å². The number of rotatable bonds is 7. The summed E-state index contributed by atoms with van der Waals surface area (Å²) in [6.45, 7) is 9.76. The third-order valence-corrected chi connectivity index (χ3v) is 4.01. The molecule has 0 spiro atoms. The summed E-state index contributed by atoms with van der Waals surface area (Å²) in [6.07, 6.45) is 3.14. The molecule has 1 unspecified atom stereocenters. The summed E-state index contributed by atoms with van der Waals surface area (Å²) in [6, 6.07) is 2.59. The zero-order chi connectivity index (χ0) is 14.5. The lowest BCUT2D eigenvalue weighted by Gasteiger charge is -2.21. The number of hydrogen-bond acceptors (Lipinski definition) is 4. The van der Waals surface area contributed by atoms with Gasteiger partial charge in [0.2, 0.25) is 0 Å². The standard InChI is InChI=1S/C16H29N3O/c1-13(2)17-9-16-15(6-8-20-16)12-19(4)11-14-5-7-18(3)10-14/h6,8,13-14,17H,5,7,9-12H2,1-4H3. The van der Waals surface area contributed by atoms with Crippen LogP contribution in [0, 0.1) is 5.92 Å². The lowest BCUT2D eigenvalue weighted by Crippen LogP contribution is -2.28. The molecular formula is C16H29N3O. The maximum Gasteiger partial charge on any atom is 0.122 e. The quantitative estimate of drug-likeness (QED) is 0.829. The van der Waals surface area contributed by atoms with Gasteiger partial charge in [-0.2, -0.15) is 0 Å². The number of likely N-dealkylation sites (tertiary alicyclic amines) is 1. The zero-order valence-electron chi connectivity index (χ0n) is 13.4. The van der Waals surface area contributed by atoms with Crippen molar-refractivity contribution < 1.29 is 4.42 Å². The van der Waals surface area contributed by atoms with Crippen LogP contribution in [0.15, 0.2) is 16.7 Å². The molecule has 114 valence electrons. The molecule has 20 heavy (non-hydrogen) atoms. The van der Waals surface area contributed by atoms with E-state index in [0.29, 0.717) is 6.04 Å². The summed E-state index contributed by atoms with van der Waals surface area (Å²) < 4.78 is 5.61. The van der Waals surface area contributed by atoms with Crippen LogP contribution >= 0.6 is 0 Å². The Morgan fingerprint density at radius 1 is 1.50 bits per heavy atom. The van der Waals surface area contributed by atoms with Crippen LogP contribution in [-0.4, -0.2) is 49.6 Å². The minimum absolute atomic E-state index is 0.486. The first kappa shape index (κ1) is 15.5. The molecule has 1 aromatic rings. The van der Waals surface area contributed by atoms with E-state index < -0.39 is 0 Å². The molecular weight excluding hydrogens is 250 g/mol. The Kier molecular flexibility index (Phi) is 5.64. The smallest absolute Gasteiger partial charge is 0.122 e. The van der Waals surface area contributed by atoms with Crippen LogP contribution < -0.4 is 5.32 Å². The third-order valence-electron chi connectivity index (χ3n) is 4.01. The number of furan rings is 1. The molecule has 1 N–H and O–H groups in total. The van der Waals surface area contributed by atoms with Gasteiger partial charge in [0.05, 0.1) is 12.8 Å². The molecule has 4 heteroatoms. The fourth-order valence-corrected chi connectivity index (χ4v) is 2.93. The van der Waals surface area contributed by atoms with Gasteiger partial charge in [0.25, 0.3) is 0 Å². The molecule has 0 radical (unpaired) electrons. The van der Waals surface area contributed by atoms with Crippen LogP contribution in [0.1, 0.15) is 31.6 Å². The summed E-state index contributed by atoms with van der Waals surface area (Å²) in [4.78, 5) is 4.85. The predicted octanol–water partition coefficient (Wildman–Crippen LogP) is 2.16. The fraction of sp³-hybridized carbons (Fsp3) is 0.750. The van der Waals surface area contributed by atoms with Crippen molar-refractivity contribution >= 4 is 0 Å². The Hall–Kier alpha value is -0.840. The Morgan fingerprint density at radius 2 is 2.30 bits per heavy atom. The van der Waals surface area contributed by atoms with Gasteiger partial charge in [-0.05, 0) is 39.0 Å². The van der Waals surface area contributed by atoms with E-state index in [0.717, 1.165) is 24.8 Å². The minimum Gasteiger partial charge on any atom is -0.468 e. The summed E-state index contributed by atoms with van der Waals surface area (Å²) >= 11 is 0. The molecule has 0 saturated carbocycles. The molecule has 2 heterocycles. The molecule has 4 nitrogen and oxygen atoms in total. The summed E-state index contributed by atoms with van der Waals surface area (Å²) in [5.74, 6) is 1.89. The van der Waals surface area contributed by atoms with Crippen LogP contribution in [0.25, 0.3) is 0 Å². The van der Waals surface area contributed by atoms with E-state index in [1.165, 1.54) is 31.6 Å². The van der Waals surface area contributed by atoms with Gasteiger partial charge in [-0.25, -0.2) is 0 Å². The van der Waals surface area contributed by atoms with E-state index in [-0.39, 0.29) is 0 Å². The Bertz CT molecular complexity index is 402. The van der Waals surface area contributed by atoms with Crippen LogP contribution in [-0.2, 0) is 13.1 Å². The lowest BCUT2D eigenvalue weighted by atomic mass is 10.1. The normalized spacial score (nSPS) is 20.4. The van der Waals surface area contributed by atoms with E-state index in [2.05, 4.69) is 49.1 Å². The maximum atomic E-state index is 5.61. The van der Waals surface area contributed by atoms with Gasteiger partial charge in [-0.15, -0.1) is 0 Å². The number of nitrogens with zero attached hydrogens (tertiary/aromatic N) is 2. The van der Waals surface area contributed by atoms with Gasteiger partial charge in [-0.3, -0.25) is 0 Å². The molecule has 0 bridgehead atoms. The Labute approximate surface area is 123 Å². The second-order valence-electron chi connectivity index (χ2n) is 6.52. The number of hydrogen-bond donors (Lipinski definition) is 1. The van der Waals surface area contributed by atoms with Crippen molar-refractivity contribution in [1.29, 1.82) is 0 Å². The van der Waals surface area contributed by atoms with Crippen molar-refractivity contribution in [3.63, 3.8) is 0 Å². The van der Waals surface area contributed by atoms with Crippen molar-refractivity contribution in [3.05, 3.63) is 23.7 Å². The van der Waals surface area contributed by atoms with Crippen LogP contribution in [0.2, 0.25) is 0 Å². The van der Waals surface area contributed by atoms with Gasteiger partial charge < -0.3 is 19.5 Å². The maximum absolute atomic E-state index is 5.61. The average molecular weight is 279 g/mol. The predicted molar refractivity (Wildman–Crippen MR) is 82.6 cm³/mol. The largest absolute Gasteiger partial charge is 0.468 e. The average Bonchev–Trinajstić information content (AvgIpc) is 2.96. The van der Waals surface area contributed by atoms with E-state index in [9.17, 15) is 0 Å². The fourth-order valence-electron chi connectivity index (χ4n) is 2.93. The van der Waals surface area contributed by atoms with Crippen molar-refractivity contribution in [2.75, 3.05) is 33.7 Å².